The van der Waals surface area contributed by atoms with Crippen LogP contribution in [0.5, 0.6) is 5.75 Å². The molecule has 0 amide bonds. The van der Waals surface area contributed by atoms with E-state index in [0.717, 1.165) is 16.3 Å². The fraction of sp³-hybridized carbons (Fsp3) is 0.286. The van der Waals surface area contributed by atoms with E-state index in [1.54, 1.807) is 7.11 Å². The van der Waals surface area contributed by atoms with E-state index < -0.39 is 17.2 Å². The fourth-order valence-electron chi connectivity index (χ4n) is 2.85. The smallest absolute Gasteiger partial charge is 0.352 e. The average Bonchev–Trinajstić information content (AvgIpc) is 2.76. The predicted octanol–water partition coefficient (Wildman–Crippen LogP) is 0.620. The molecule has 0 aliphatic heterocycles. The molecule has 0 saturated heterocycles. The van der Waals surface area contributed by atoms with Crippen LogP contribution in [-0.4, -0.2) is 53.2 Å². The maximum absolute atomic E-state index is 12.0. The molecule has 0 bridgehead atoms. The van der Waals surface area contributed by atoms with Crippen molar-refractivity contribution in [2.24, 2.45) is 5.73 Å². The number of nitrogens with two attached hydrogens (primary N) is 1. The van der Waals surface area contributed by atoms with E-state index in [0.29, 0.717) is 18.7 Å². The van der Waals surface area contributed by atoms with E-state index in [9.17, 15) is 19.5 Å². The first-order valence-electron chi connectivity index (χ1n) is 9.43. The van der Waals surface area contributed by atoms with E-state index in [1.807, 2.05) is 36.4 Å². The molecule has 0 fully saturated rings. The number of nitrogens with one attached hydrogen (secondary N) is 2. The molecule has 0 unspecified atom stereocenters. The molecule has 10 heteroatoms. The van der Waals surface area contributed by atoms with Crippen molar-refractivity contribution in [2.45, 2.75) is 12.8 Å². The van der Waals surface area contributed by atoms with Crippen LogP contribution in [0.15, 0.2) is 46.0 Å². The van der Waals surface area contributed by atoms with Gasteiger partial charge in [0.25, 0.3) is 5.56 Å². The van der Waals surface area contributed by atoms with E-state index >= 15 is 0 Å². The van der Waals surface area contributed by atoms with Crippen LogP contribution in [0, 0.1) is 0 Å². The number of methoxy groups -OCH3 is 1. The van der Waals surface area contributed by atoms with Gasteiger partial charge in [-0.2, -0.15) is 0 Å². The monoisotopic (exact) mass is 431 g/mol. The number of hydrogen-bond donors (Lipinski definition) is 5. The molecule has 6 N–H and O–H groups in total. The Morgan fingerprint density at radius 1 is 1.06 bits per heavy atom. The Hall–Kier alpha value is -3.47. The third kappa shape index (κ3) is 6.78. The number of benzene rings is 2. The Bertz CT molecular complexity index is 1140. The Morgan fingerprint density at radius 3 is 2.39 bits per heavy atom. The average molecular weight is 431 g/mol. The molecule has 0 spiro atoms. The van der Waals surface area contributed by atoms with Crippen molar-refractivity contribution in [3.05, 3.63) is 74.1 Å². The second-order valence-corrected chi connectivity index (χ2v) is 6.47. The molecule has 0 aliphatic rings. The number of carboxylic acids is 1. The predicted molar refractivity (Wildman–Crippen MR) is 115 cm³/mol. The lowest BCUT2D eigenvalue weighted by Crippen LogP contribution is -2.30. The van der Waals surface area contributed by atoms with Gasteiger partial charge in [0, 0.05) is 19.2 Å². The maximum atomic E-state index is 12.0. The Balaban J connectivity index is 0.000000785. The Labute approximate surface area is 177 Å². The number of aliphatic hydroxyl groups excluding tert-OH is 1. The summed E-state index contributed by atoms with van der Waals surface area (Å²) in [6, 6.07) is 11.4. The number of hydrogen-bond acceptors (Lipinski definition) is 7. The summed E-state index contributed by atoms with van der Waals surface area (Å²) >= 11 is 0. The lowest BCUT2D eigenvalue weighted by molar-refractivity contribution is 0.0512. The van der Waals surface area contributed by atoms with Gasteiger partial charge in [-0.25, -0.2) is 9.59 Å². The number of fused-ring (bicyclic) bond motifs is 1. The minimum Gasteiger partial charge on any atom is -0.477 e. The summed E-state index contributed by atoms with van der Waals surface area (Å²) in [7, 11) is 1.55. The first-order chi connectivity index (χ1) is 14.9. The van der Waals surface area contributed by atoms with Gasteiger partial charge in [-0.05, 0) is 41.3 Å². The van der Waals surface area contributed by atoms with Crippen LogP contribution in [0.4, 0.5) is 0 Å². The number of aliphatic hydroxyl groups is 1. The zero-order chi connectivity index (χ0) is 22.8. The number of aryl methyl sites for hydroxylation is 1. The van der Waals surface area contributed by atoms with Gasteiger partial charge in [0.1, 0.15) is 11.4 Å². The first kappa shape index (κ1) is 23.8. The van der Waals surface area contributed by atoms with Crippen molar-refractivity contribution < 1.29 is 24.5 Å². The largest absolute Gasteiger partial charge is 0.477 e. The van der Waals surface area contributed by atoms with Crippen LogP contribution in [0.1, 0.15) is 21.6 Å². The molecule has 31 heavy (non-hydrogen) atoms. The molecular formula is C21H25N3O7. The van der Waals surface area contributed by atoms with Gasteiger partial charge in [0.15, 0.2) is 6.79 Å². The number of carbonyl (C=O) groups is 1. The molecule has 10 nitrogen and oxygen atoms in total. The minimum absolute atomic E-state index is 0.0468. The van der Waals surface area contributed by atoms with Gasteiger partial charge in [-0.3, -0.25) is 9.78 Å². The zero-order valence-electron chi connectivity index (χ0n) is 17.0. The van der Waals surface area contributed by atoms with Crippen LogP contribution in [-0.2, 0) is 17.6 Å². The van der Waals surface area contributed by atoms with E-state index in [1.165, 1.54) is 0 Å². The standard InChI is InChI=1S/C19H18N2O6.C2H7NO/c1-26-10-27-14-6-5-12-8-11(2-4-13(12)9-14)3-7-15-16(18(23)24)20-19(25)21-17(15)22;3-1-2-4/h2,4-6,8-9H,3,7,10H2,1H3,(H,23,24)(H2,20,21,22,25);4H,1-3H2. The molecule has 0 radical (unpaired) electrons. The van der Waals surface area contributed by atoms with Crippen LogP contribution >= 0.6 is 0 Å². The summed E-state index contributed by atoms with van der Waals surface area (Å²) in [5.41, 5.74) is 3.88. The highest BCUT2D eigenvalue weighted by Crippen LogP contribution is 2.22. The van der Waals surface area contributed by atoms with Gasteiger partial charge in [0.2, 0.25) is 0 Å². The van der Waals surface area contributed by atoms with Gasteiger partial charge in [-0.15, -0.1) is 0 Å². The number of aromatic nitrogens is 2. The zero-order valence-corrected chi connectivity index (χ0v) is 17.0. The minimum atomic E-state index is -1.34. The first-order valence-corrected chi connectivity index (χ1v) is 9.43. The molecule has 1 heterocycles. The highest BCUT2D eigenvalue weighted by atomic mass is 16.7. The lowest BCUT2D eigenvalue weighted by Gasteiger charge is -2.08. The van der Waals surface area contributed by atoms with Crippen LogP contribution in [0.25, 0.3) is 10.8 Å². The second-order valence-electron chi connectivity index (χ2n) is 6.47. The van der Waals surface area contributed by atoms with Crippen molar-refractivity contribution in [3.8, 4) is 5.75 Å². The Morgan fingerprint density at radius 2 is 1.74 bits per heavy atom. The van der Waals surface area contributed by atoms with Crippen LogP contribution in [0.3, 0.4) is 0 Å². The van der Waals surface area contributed by atoms with Crippen molar-refractivity contribution in [3.63, 3.8) is 0 Å². The molecule has 2 aromatic carbocycles. The summed E-state index contributed by atoms with van der Waals surface area (Å²) < 4.78 is 10.3. The summed E-state index contributed by atoms with van der Waals surface area (Å²) in [6.07, 6.45) is 0.640. The normalized spacial score (nSPS) is 10.4. The van der Waals surface area contributed by atoms with Crippen LogP contribution < -0.4 is 21.7 Å². The second kappa shape index (κ2) is 11.6. The number of rotatable bonds is 8. The molecule has 0 aliphatic carbocycles. The van der Waals surface area contributed by atoms with Gasteiger partial charge in [-0.1, -0.05) is 24.3 Å². The SMILES string of the molecule is COCOc1ccc2cc(CCc3c(C(=O)O)[nH]c(=O)[nH]c3=O)ccc2c1.NCCO. The van der Waals surface area contributed by atoms with E-state index in [4.69, 9.17) is 20.3 Å². The number of ether oxygens (including phenoxy) is 2. The summed E-state index contributed by atoms with van der Waals surface area (Å²) in [6.45, 7) is 0.642. The summed E-state index contributed by atoms with van der Waals surface area (Å²) in [4.78, 5) is 38.8. The van der Waals surface area contributed by atoms with Gasteiger partial charge < -0.3 is 30.4 Å². The highest BCUT2D eigenvalue weighted by Gasteiger charge is 2.15. The van der Waals surface area contributed by atoms with Crippen molar-refractivity contribution >= 4 is 16.7 Å². The Kier molecular flexibility index (Phi) is 8.94. The van der Waals surface area contributed by atoms with E-state index in [-0.39, 0.29) is 31.1 Å². The molecule has 166 valence electrons. The number of H-pyrrole nitrogens is 2. The molecule has 0 atom stereocenters. The maximum Gasteiger partial charge on any atom is 0.352 e. The fourth-order valence-corrected chi connectivity index (χ4v) is 2.85. The summed E-state index contributed by atoms with van der Waals surface area (Å²) in [5, 5.41) is 18.9. The van der Waals surface area contributed by atoms with Crippen LogP contribution in [0.2, 0.25) is 0 Å². The van der Waals surface area contributed by atoms with Gasteiger partial charge in [0.05, 0.1) is 6.61 Å². The molecule has 3 rings (SSSR count). The van der Waals surface area contributed by atoms with Gasteiger partial charge >= 0.3 is 11.7 Å². The molecule has 1 aromatic heterocycles. The van der Waals surface area contributed by atoms with Crippen molar-refractivity contribution in [1.29, 1.82) is 0 Å². The summed E-state index contributed by atoms with van der Waals surface area (Å²) in [5.74, 6) is -0.640. The number of aromatic amines is 2. The third-order valence-electron chi connectivity index (χ3n) is 4.27. The third-order valence-corrected chi connectivity index (χ3v) is 4.27. The number of aromatic carboxylic acids is 1. The molecule has 3 aromatic rings. The lowest BCUT2D eigenvalue weighted by atomic mass is 10.0. The molecular weight excluding hydrogens is 406 g/mol. The van der Waals surface area contributed by atoms with E-state index in [2.05, 4.69) is 9.97 Å². The van der Waals surface area contributed by atoms with Crippen molar-refractivity contribution in [2.75, 3.05) is 27.1 Å². The topological polar surface area (TPSA) is 168 Å². The quantitative estimate of drug-likeness (QED) is 0.323. The van der Waals surface area contributed by atoms with Crippen molar-refractivity contribution in [1.82, 2.24) is 9.97 Å². The highest BCUT2D eigenvalue weighted by molar-refractivity contribution is 5.87. The number of carboxylic acid groups (broad SMARTS) is 1. The molecule has 0 saturated carbocycles.